The van der Waals surface area contributed by atoms with Crippen molar-refractivity contribution in [3.8, 4) is 0 Å². The number of carbonyl (C=O) groups is 1. The molecule has 0 spiro atoms. The maximum Gasteiger partial charge on any atom is 0.254 e. The zero-order valence-corrected chi connectivity index (χ0v) is 12.2. The fourth-order valence-electron chi connectivity index (χ4n) is 2.67. The monoisotopic (exact) mass is 300 g/mol. The molecule has 1 aliphatic heterocycles. The first-order chi connectivity index (χ1) is 9.93. The van der Waals surface area contributed by atoms with Crippen LogP contribution in [0, 0.1) is 17.5 Å². The van der Waals surface area contributed by atoms with Crippen molar-refractivity contribution in [1.29, 1.82) is 0 Å². The van der Waals surface area contributed by atoms with Crippen LogP contribution in [-0.2, 0) is 0 Å². The Morgan fingerprint density at radius 1 is 1.24 bits per heavy atom. The second-order valence-electron chi connectivity index (χ2n) is 5.34. The second-order valence-corrected chi connectivity index (χ2v) is 5.34. The average molecular weight is 300 g/mol. The van der Waals surface area contributed by atoms with E-state index in [0.717, 1.165) is 44.6 Å². The number of nitrogens with zero attached hydrogens (tertiary/aromatic N) is 2. The molecule has 0 aliphatic carbocycles. The summed E-state index contributed by atoms with van der Waals surface area (Å²) in [6.45, 7) is 4.84. The first-order valence-corrected chi connectivity index (χ1v) is 7.08. The Bertz CT molecular complexity index is 505. The van der Waals surface area contributed by atoms with Gasteiger partial charge in [-0.05, 0) is 31.5 Å². The third-order valence-electron chi connectivity index (χ3n) is 4.10. The summed E-state index contributed by atoms with van der Waals surface area (Å²) in [5.41, 5.74) is -0.160. The van der Waals surface area contributed by atoms with Gasteiger partial charge in [0.25, 0.3) is 5.91 Å². The molecule has 6 heteroatoms. The van der Waals surface area contributed by atoms with E-state index in [4.69, 9.17) is 0 Å². The molecule has 1 heterocycles. The van der Waals surface area contributed by atoms with Gasteiger partial charge >= 0.3 is 0 Å². The summed E-state index contributed by atoms with van der Waals surface area (Å²) in [6.07, 6.45) is 1.64. The molecule has 1 saturated heterocycles. The first-order valence-electron chi connectivity index (χ1n) is 7.08. The molecule has 116 valence electrons. The van der Waals surface area contributed by atoms with Crippen LogP contribution in [0.5, 0.6) is 0 Å². The molecule has 1 amide bonds. The fourth-order valence-corrected chi connectivity index (χ4v) is 2.67. The lowest BCUT2D eigenvalue weighted by Gasteiger charge is -2.36. The molecular weight excluding hydrogens is 281 g/mol. The van der Waals surface area contributed by atoms with E-state index in [-0.39, 0.29) is 11.6 Å². The normalized spacial score (nSPS) is 17.0. The Labute approximate surface area is 122 Å². The minimum Gasteiger partial charge on any atom is -0.339 e. The molecule has 0 radical (unpaired) electrons. The maximum absolute atomic E-state index is 13.2. The lowest BCUT2D eigenvalue weighted by molar-refractivity contribution is 0.0645. The number of piperidine rings is 1. The molecule has 0 unspecified atom stereocenters. The zero-order valence-electron chi connectivity index (χ0n) is 12.2. The molecule has 21 heavy (non-hydrogen) atoms. The molecule has 2 rings (SSSR count). The summed E-state index contributed by atoms with van der Waals surface area (Å²) in [5.74, 6) is -4.71. The third-order valence-corrected chi connectivity index (χ3v) is 4.10. The minimum atomic E-state index is -1.55. The molecule has 1 aliphatic rings. The van der Waals surface area contributed by atoms with Crippen molar-refractivity contribution in [3.63, 3.8) is 0 Å². The minimum absolute atomic E-state index is 0.0384. The van der Waals surface area contributed by atoms with Crippen molar-refractivity contribution in [2.24, 2.45) is 0 Å². The average Bonchev–Trinajstić information content (AvgIpc) is 2.50. The van der Waals surface area contributed by atoms with Crippen LogP contribution in [0.1, 0.15) is 30.1 Å². The number of carbonyl (C=O) groups excluding carboxylic acids is 1. The van der Waals surface area contributed by atoms with E-state index in [1.165, 1.54) is 4.90 Å². The molecule has 3 nitrogen and oxygen atoms in total. The quantitative estimate of drug-likeness (QED) is 0.801. The van der Waals surface area contributed by atoms with Crippen LogP contribution in [0.2, 0.25) is 0 Å². The zero-order chi connectivity index (χ0) is 15.6. The summed E-state index contributed by atoms with van der Waals surface area (Å²) in [7, 11) is 1.62. The van der Waals surface area contributed by atoms with Gasteiger partial charge in [-0.3, -0.25) is 4.79 Å². The lowest BCUT2D eigenvalue weighted by atomic mass is 10.0. The largest absolute Gasteiger partial charge is 0.339 e. The molecule has 0 atom stereocenters. The van der Waals surface area contributed by atoms with Crippen molar-refractivity contribution >= 4 is 5.91 Å². The Kier molecular flexibility index (Phi) is 4.88. The SMILES string of the molecule is CCN1CCC(N(C)C(=O)c2cc(F)c(F)c(F)c2)CC1. The van der Waals surface area contributed by atoms with Crippen LogP contribution in [-0.4, -0.2) is 48.4 Å². The van der Waals surface area contributed by atoms with Crippen LogP contribution in [0.25, 0.3) is 0 Å². The predicted octanol–water partition coefficient (Wildman–Crippen LogP) is 2.66. The van der Waals surface area contributed by atoms with Gasteiger partial charge in [-0.1, -0.05) is 6.92 Å². The Morgan fingerprint density at radius 2 is 1.76 bits per heavy atom. The number of benzene rings is 1. The van der Waals surface area contributed by atoms with E-state index >= 15 is 0 Å². The van der Waals surface area contributed by atoms with E-state index in [9.17, 15) is 18.0 Å². The van der Waals surface area contributed by atoms with Gasteiger partial charge in [-0.25, -0.2) is 13.2 Å². The Morgan fingerprint density at radius 3 is 2.24 bits per heavy atom. The number of hydrogen-bond donors (Lipinski definition) is 0. The van der Waals surface area contributed by atoms with Gasteiger partial charge in [0.1, 0.15) is 0 Å². The van der Waals surface area contributed by atoms with E-state index in [1.807, 2.05) is 0 Å². The van der Waals surface area contributed by atoms with Gasteiger partial charge in [0.05, 0.1) is 0 Å². The second kappa shape index (κ2) is 6.47. The van der Waals surface area contributed by atoms with Crippen molar-refractivity contribution in [2.75, 3.05) is 26.7 Å². The van der Waals surface area contributed by atoms with Gasteiger partial charge in [0.15, 0.2) is 17.5 Å². The first kappa shape index (κ1) is 15.8. The standard InChI is InChI=1S/C15H19F3N2O/c1-3-20-6-4-11(5-7-20)19(2)15(21)10-8-12(16)14(18)13(17)9-10/h8-9,11H,3-7H2,1-2H3. The van der Waals surface area contributed by atoms with Crippen molar-refractivity contribution in [1.82, 2.24) is 9.80 Å². The van der Waals surface area contributed by atoms with Crippen LogP contribution >= 0.6 is 0 Å². The smallest absolute Gasteiger partial charge is 0.254 e. The van der Waals surface area contributed by atoms with E-state index in [2.05, 4.69) is 11.8 Å². The molecule has 1 aromatic carbocycles. The highest BCUT2D eigenvalue weighted by atomic mass is 19.2. The summed E-state index contributed by atoms with van der Waals surface area (Å²) in [4.78, 5) is 16.1. The highest BCUT2D eigenvalue weighted by Crippen LogP contribution is 2.19. The van der Waals surface area contributed by atoms with Crippen molar-refractivity contribution in [3.05, 3.63) is 35.1 Å². The van der Waals surface area contributed by atoms with Crippen LogP contribution in [0.4, 0.5) is 13.2 Å². The van der Waals surface area contributed by atoms with Gasteiger partial charge in [0.2, 0.25) is 0 Å². The highest BCUT2D eigenvalue weighted by molar-refractivity contribution is 5.94. The molecule has 0 aromatic heterocycles. The predicted molar refractivity (Wildman–Crippen MR) is 73.5 cm³/mol. The number of hydrogen-bond acceptors (Lipinski definition) is 2. The number of halogens is 3. The Hall–Kier alpha value is -1.56. The molecule has 1 aromatic rings. The molecule has 0 bridgehead atoms. The number of rotatable bonds is 3. The summed E-state index contributed by atoms with van der Waals surface area (Å²) >= 11 is 0. The number of likely N-dealkylation sites (tertiary alicyclic amines) is 1. The fraction of sp³-hybridized carbons (Fsp3) is 0.533. The molecule has 0 saturated carbocycles. The molecule has 1 fully saturated rings. The van der Waals surface area contributed by atoms with E-state index < -0.39 is 23.4 Å². The molecular formula is C15H19F3N2O. The van der Waals surface area contributed by atoms with Gasteiger partial charge in [0, 0.05) is 31.7 Å². The maximum atomic E-state index is 13.2. The van der Waals surface area contributed by atoms with Crippen molar-refractivity contribution < 1.29 is 18.0 Å². The Balaban J connectivity index is 2.09. The van der Waals surface area contributed by atoms with Crippen molar-refractivity contribution in [2.45, 2.75) is 25.8 Å². The number of amides is 1. The lowest BCUT2D eigenvalue weighted by Crippen LogP contribution is -2.45. The highest BCUT2D eigenvalue weighted by Gasteiger charge is 2.26. The third kappa shape index (κ3) is 3.37. The van der Waals surface area contributed by atoms with Crippen LogP contribution < -0.4 is 0 Å². The molecule has 0 N–H and O–H groups in total. The summed E-state index contributed by atoms with van der Waals surface area (Å²) < 4.78 is 39.4. The van der Waals surface area contributed by atoms with Gasteiger partial charge in [-0.2, -0.15) is 0 Å². The van der Waals surface area contributed by atoms with Crippen LogP contribution in [0.3, 0.4) is 0 Å². The summed E-state index contributed by atoms with van der Waals surface area (Å²) in [6, 6.07) is 1.54. The van der Waals surface area contributed by atoms with Gasteiger partial charge < -0.3 is 9.80 Å². The van der Waals surface area contributed by atoms with Crippen LogP contribution in [0.15, 0.2) is 12.1 Å². The van der Waals surface area contributed by atoms with Gasteiger partial charge in [-0.15, -0.1) is 0 Å². The summed E-state index contributed by atoms with van der Waals surface area (Å²) in [5, 5.41) is 0. The van der Waals surface area contributed by atoms with E-state index in [0.29, 0.717) is 0 Å². The topological polar surface area (TPSA) is 23.6 Å². The van der Waals surface area contributed by atoms with E-state index in [1.54, 1.807) is 7.05 Å².